The summed E-state index contributed by atoms with van der Waals surface area (Å²) < 4.78 is 0.863. The van der Waals surface area contributed by atoms with Crippen molar-refractivity contribution in [3.8, 4) is 0 Å². The molecule has 0 radical (unpaired) electrons. The highest BCUT2D eigenvalue weighted by atomic mass is 35.5. The summed E-state index contributed by atoms with van der Waals surface area (Å²) in [6, 6.07) is 9.31. The average Bonchev–Trinajstić information content (AvgIpc) is 3.06. The van der Waals surface area contributed by atoms with Crippen LogP contribution in [0.3, 0.4) is 0 Å². The van der Waals surface area contributed by atoms with Crippen molar-refractivity contribution in [1.29, 1.82) is 0 Å². The Kier molecular flexibility index (Phi) is 5.89. The van der Waals surface area contributed by atoms with E-state index in [1.807, 2.05) is 6.07 Å². The van der Waals surface area contributed by atoms with Crippen LogP contribution in [-0.2, 0) is 0 Å². The van der Waals surface area contributed by atoms with Crippen molar-refractivity contribution in [2.75, 3.05) is 0 Å². The van der Waals surface area contributed by atoms with Crippen LogP contribution in [0.15, 0.2) is 29.6 Å². The highest BCUT2D eigenvalue weighted by Crippen LogP contribution is 2.33. The van der Waals surface area contributed by atoms with Crippen molar-refractivity contribution in [1.82, 2.24) is 5.32 Å². The van der Waals surface area contributed by atoms with E-state index < -0.39 is 0 Å². The zero-order chi connectivity index (χ0) is 13.7. The number of thiophene rings is 2. The highest BCUT2D eigenvalue weighted by molar-refractivity contribution is 7.16. The maximum Gasteiger partial charge on any atom is 0.0931 e. The van der Waals surface area contributed by atoms with Crippen LogP contribution in [0.4, 0.5) is 0 Å². The molecule has 0 aliphatic carbocycles. The fourth-order valence-electron chi connectivity index (χ4n) is 2.23. The molecule has 0 spiro atoms. The van der Waals surface area contributed by atoms with Crippen LogP contribution in [-0.4, -0.2) is 6.04 Å². The normalized spacial score (nSPS) is 14.5. The molecule has 1 N–H and O–H groups in total. The molecule has 19 heavy (non-hydrogen) atoms. The smallest absolute Gasteiger partial charge is 0.0931 e. The molecule has 104 valence electrons. The lowest BCUT2D eigenvalue weighted by Gasteiger charge is -2.23. The van der Waals surface area contributed by atoms with Gasteiger partial charge in [-0.25, -0.2) is 0 Å². The maximum absolute atomic E-state index is 6.09. The zero-order valence-corrected chi connectivity index (χ0v) is 13.7. The zero-order valence-electron chi connectivity index (χ0n) is 11.4. The number of rotatable bonds is 7. The van der Waals surface area contributed by atoms with Gasteiger partial charge in [-0.05, 0) is 36.4 Å². The van der Waals surface area contributed by atoms with E-state index in [-0.39, 0.29) is 6.04 Å². The largest absolute Gasteiger partial charge is 0.302 e. The molecule has 2 atom stereocenters. The summed E-state index contributed by atoms with van der Waals surface area (Å²) in [7, 11) is 0. The first-order chi connectivity index (χ1) is 9.24. The highest BCUT2D eigenvalue weighted by Gasteiger charge is 2.20. The maximum atomic E-state index is 6.09. The topological polar surface area (TPSA) is 12.0 Å². The van der Waals surface area contributed by atoms with E-state index in [9.17, 15) is 0 Å². The molecule has 1 nitrogen and oxygen atoms in total. The summed E-state index contributed by atoms with van der Waals surface area (Å²) in [6.07, 6.45) is 3.60. The van der Waals surface area contributed by atoms with E-state index in [1.54, 1.807) is 22.7 Å². The Balaban J connectivity index is 2.20. The van der Waals surface area contributed by atoms with Gasteiger partial charge in [0.2, 0.25) is 0 Å². The van der Waals surface area contributed by atoms with Crippen molar-refractivity contribution >= 4 is 34.3 Å². The van der Waals surface area contributed by atoms with Crippen molar-refractivity contribution in [3.63, 3.8) is 0 Å². The first kappa shape index (κ1) is 15.0. The second-order valence-corrected chi connectivity index (χ2v) is 7.38. The van der Waals surface area contributed by atoms with Gasteiger partial charge in [-0.1, -0.05) is 37.9 Å². The summed E-state index contributed by atoms with van der Waals surface area (Å²) >= 11 is 9.57. The van der Waals surface area contributed by atoms with Gasteiger partial charge < -0.3 is 5.32 Å². The standard InChI is InChI=1S/C15H20ClNS2/c1-3-6-11(4-2)17-15(12-7-5-10-18-12)13-8-9-14(16)19-13/h5,7-11,15,17H,3-4,6H2,1-2H3. The van der Waals surface area contributed by atoms with Crippen molar-refractivity contribution in [2.45, 2.75) is 45.2 Å². The molecule has 0 amide bonds. The van der Waals surface area contributed by atoms with Gasteiger partial charge in [-0.15, -0.1) is 22.7 Å². The summed E-state index contributed by atoms with van der Waals surface area (Å²) in [5.41, 5.74) is 0. The van der Waals surface area contributed by atoms with E-state index in [4.69, 9.17) is 11.6 Å². The monoisotopic (exact) mass is 313 g/mol. The molecule has 2 rings (SSSR count). The van der Waals surface area contributed by atoms with Gasteiger partial charge in [-0.2, -0.15) is 0 Å². The van der Waals surface area contributed by atoms with Crippen LogP contribution in [0, 0.1) is 0 Å². The Hall–Kier alpha value is -0.350. The van der Waals surface area contributed by atoms with Gasteiger partial charge in [0.05, 0.1) is 10.4 Å². The van der Waals surface area contributed by atoms with Crippen molar-refractivity contribution in [3.05, 3.63) is 43.7 Å². The Labute approximate surface area is 128 Å². The molecule has 0 aliphatic heterocycles. The Morgan fingerprint density at radius 1 is 1.21 bits per heavy atom. The molecule has 4 heteroatoms. The van der Waals surface area contributed by atoms with Crippen molar-refractivity contribution < 1.29 is 0 Å². The molecule has 2 unspecified atom stereocenters. The molecule has 0 saturated carbocycles. The van der Waals surface area contributed by atoms with Gasteiger partial charge in [0.25, 0.3) is 0 Å². The van der Waals surface area contributed by atoms with Crippen LogP contribution >= 0.6 is 34.3 Å². The van der Waals surface area contributed by atoms with Crippen LogP contribution in [0.1, 0.15) is 48.9 Å². The van der Waals surface area contributed by atoms with Crippen LogP contribution in [0.25, 0.3) is 0 Å². The number of hydrogen-bond acceptors (Lipinski definition) is 3. The number of halogens is 1. The van der Waals surface area contributed by atoms with E-state index in [0.29, 0.717) is 6.04 Å². The number of hydrogen-bond donors (Lipinski definition) is 1. The molecule has 2 aromatic heterocycles. The van der Waals surface area contributed by atoms with Gasteiger partial charge in [0.1, 0.15) is 0 Å². The van der Waals surface area contributed by atoms with E-state index in [0.717, 1.165) is 10.8 Å². The molecule has 0 aromatic carbocycles. The first-order valence-corrected chi connectivity index (χ1v) is 8.86. The SMILES string of the molecule is CCCC(CC)NC(c1cccs1)c1ccc(Cl)s1. The fourth-order valence-corrected chi connectivity index (χ4v) is 4.25. The van der Waals surface area contributed by atoms with Crippen LogP contribution in [0.5, 0.6) is 0 Å². The molecule has 2 heterocycles. The molecular weight excluding hydrogens is 294 g/mol. The Morgan fingerprint density at radius 2 is 2.05 bits per heavy atom. The Morgan fingerprint density at radius 3 is 2.58 bits per heavy atom. The quantitative estimate of drug-likeness (QED) is 0.689. The fraction of sp³-hybridized carbons (Fsp3) is 0.467. The molecule has 0 fully saturated rings. The van der Waals surface area contributed by atoms with Gasteiger partial charge in [0, 0.05) is 15.8 Å². The second kappa shape index (κ2) is 7.44. The summed E-state index contributed by atoms with van der Waals surface area (Å²) in [5, 5.41) is 5.94. The van der Waals surface area contributed by atoms with Gasteiger partial charge in [0.15, 0.2) is 0 Å². The predicted octanol–water partition coefficient (Wildman–Crippen LogP) is 5.72. The van der Waals surface area contributed by atoms with E-state index in [2.05, 4.69) is 42.7 Å². The lowest BCUT2D eigenvalue weighted by molar-refractivity contribution is 0.435. The summed E-state index contributed by atoms with van der Waals surface area (Å²) in [6.45, 7) is 4.49. The minimum absolute atomic E-state index is 0.286. The molecule has 0 saturated heterocycles. The second-order valence-electron chi connectivity index (χ2n) is 4.65. The predicted molar refractivity (Wildman–Crippen MR) is 87.6 cm³/mol. The summed E-state index contributed by atoms with van der Waals surface area (Å²) in [4.78, 5) is 2.68. The lowest BCUT2D eigenvalue weighted by atomic mass is 10.1. The van der Waals surface area contributed by atoms with Crippen molar-refractivity contribution in [2.24, 2.45) is 0 Å². The molecule has 2 aromatic rings. The lowest BCUT2D eigenvalue weighted by Crippen LogP contribution is -2.32. The third kappa shape index (κ3) is 4.06. The van der Waals surface area contributed by atoms with Crippen LogP contribution < -0.4 is 5.32 Å². The van der Waals surface area contributed by atoms with Crippen LogP contribution in [0.2, 0.25) is 4.34 Å². The molecule has 0 aliphatic rings. The summed E-state index contributed by atoms with van der Waals surface area (Å²) in [5.74, 6) is 0. The van der Waals surface area contributed by atoms with E-state index in [1.165, 1.54) is 22.6 Å². The third-order valence-corrected chi connectivity index (χ3v) is 5.47. The van der Waals surface area contributed by atoms with Gasteiger partial charge in [-0.3, -0.25) is 0 Å². The minimum Gasteiger partial charge on any atom is -0.302 e. The third-order valence-electron chi connectivity index (χ3n) is 3.24. The minimum atomic E-state index is 0.286. The Bertz CT molecular complexity index is 478. The first-order valence-electron chi connectivity index (χ1n) is 6.79. The molecule has 0 bridgehead atoms. The van der Waals surface area contributed by atoms with E-state index >= 15 is 0 Å². The number of nitrogens with one attached hydrogen (secondary N) is 1. The average molecular weight is 314 g/mol. The molecular formula is C15H20ClNS2. The van der Waals surface area contributed by atoms with Gasteiger partial charge >= 0.3 is 0 Å².